The van der Waals surface area contributed by atoms with Crippen LogP contribution in [0.3, 0.4) is 0 Å². The molecular weight excluding hydrogens is 380 g/mol. The van der Waals surface area contributed by atoms with Crippen LogP contribution < -0.4 is 15.4 Å². The molecule has 0 fully saturated rings. The van der Waals surface area contributed by atoms with Crippen LogP contribution in [0.1, 0.15) is 11.1 Å². The maximum atomic E-state index is 12.3. The molecule has 1 heterocycles. The topological polar surface area (TPSA) is 76.1 Å². The molecule has 0 atom stereocenters. The third-order valence-electron chi connectivity index (χ3n) is 3.80. The van der Waals surface area contributed by atoms with Gasteiger partial charge in [-0.25, -0.2) is 0 Å². The zero-order chi connectivity index (χ0) is 19.2. The first-order chi connectivity index (χ1) is 13.0. The number of hydrogen-bond acceptors (Lipinski definition) is 7. The average Bonchev–Trinajstić information content (AvgIpc) is 3.10. The van der Waals surface area contributed by atoms with Crippen LogP contribution in [-0.2, 0) is 4.79 Å². The van der Waals surface area contributed by atoms with Crippen LogP contribution in [0, 0.1) is 13.8 Å². The van der Waals surface area contributed by atoms with Gasteiger partial charge in [0.1, 0.15) is 5.75 Å². The van der Waals surface area contributed by atoms with Crippen molar-refractivity contribution in [2.45, 2.75) is 18.2 Å². The number of ether oxygens (including phenoxy) is 1. The fraction of sp³-hybridized carbons (Fsp3) is 0.211. The Balaban J connectivity index is 1.55. The smallest absolute Gasteiger partial charge is 0.234 e. The summed E-state index contributed by atoms with van der Waals surface area (Å²) in [5, 5.41) is 15.1. The van der Waals surface area contributed by atoms with Crippen molar-refractivity contribution in [1.29, 1.82) is 0 Å². The second-order valence-corrected chi connectivity index (χ2v) is 8.03. The first kappa shape index (κ1) is 19.2. The molecule has 2 N–H and O–H groups in total. The second kappa shape index (κ2) is 8.88. The van der Waals surface area contributed by atoms with E-state index < -0.39 is 0 Å². The Morgan fingerprint density at radius 1 is 1.15 bits per heavy atom. The summed E-state index contributed by atoms with van der Waals surface area (Å²) in [5.74, 6) is 0.985. The number of carbonyl (C=O) groups is 1. The lowest BCUT2D eigenvalue weighted by Gasteiger charge is -2.10. The maximum absolute atomic E-state index is 12.3. The van der Waals surface area contributed by atoms with Crippen molar-refractivity contribution in [3.8, 4) is 5.75 Å². The zero-order valence-electron chi connectivity index (χ0n) is 15.3. The van der Waals surface area contributed by atoms with E-state index in [0.29, 0.717) is 5.13 Å². The number of thioether (sulfide) groups is 1. The largest absolute Gasteiger partial charge is 0.497 e. The minimum atomic E-state index is -0.0603. The molecule has 0 aliphatic rings. The van der Waals surface area contributed by atoms with Gasteiger partial charge in [-0.2, -0.15) is 0 Å². The van der Waals surface area contributed by atoms with Gasteiger partial charge in [-0.15, -0.1) is 10.2 Å². The summed E-state index contributed by atoms with van der Waals surface area (Å²) in [4.78, 5) is 12.3. The van der Waals surface area contributed by atoms with Crippen LogP contribution in [0.25, 0.3) is 0 Å². The lowest BCUT2D eigenvalue weighted by molar-refractivity contribution is -0.113. The summed E-state index contributed by atoms with van der Waals surface area (Å²) in [7, 11) is 1.63. The Kier molecular flexibility index (Phi) is 6.31. The number of nitrogens with zero attached hydrogens (tertiary/aromatic N) is 2. The average molecular weight is 401 g/mol. The van der Waals surface area contributed by atoms with E-state index in [0.717, 1.165) is 32.6 Å². The van der Waals surface area contributed by atoms with Gasteiger partial charge in [0.15, 0.2) is 4.34 Å². The highest BCUT2D eigenvalue weighted by Crippen LogP contribution is 2.29. The Bertz CT molecular complexity index is 923. The van der Waals surface area contributed by atoms with E-state index in [4.69, 9.17) is 4.74 Å². The van der Waals surface area contributed by atoms with Crippen molar-refractivity contribution in [1.82, 2.24) is 10.2 Å². The maximum Gasteiger partial charge on any atom is 0.234 e. The molecule has 8 heteroatoms. The highest BCUT2D eigenvalue weighted by atomic mass is 32.2. The quantitative estimate of drug-likeness (QED) is 0.563. The highest BCUT2D eigenvalue weighted by molar-refractivity contribution is 8.01. The highest BCUT2D eigenvalue weighted by Gasteiger charge is 2.11. The minimum Gasteiger partial charge on any atom is -0.497 e. The van der Waals surface area contributed by atoms with Gasteiger partial charge in [-0.05, 0) is 37.1 Å². The van der Waals surface area contributed by atoms with Crippen molar-refractivity contribution in [3.05, 3.63) is 53.6 Å². The van der Waals surface area contributed by atoms with Crippen LogP contribution in [0.4, 0.5) is 16.5 Å². The van der Waals surface area contributed by atoms with Crippen molar-refractivity contribution in [2.24, 2.45) is 0 Å². The summed E-state index contributed by atoms with van der Waals surface area (Å²) >= 11 is 2.77. The van der Waals surface area contributed by atoms with Crippen molar-refractivity contribution in [3.63, 3.8) is 0 Å². The molecule has 140 valence electrons. The molecule has 0 spiro atoms. The number of benzene rings is 2. The third-order valence-corrected chi connectivity index (χ3v) is 5.77. The zero-order valence-corrected chi connectivity index (χ0v) is 16.9. The molecule has 0 aliphatic heterocycles. The van der Waals surface area contributed by atoms with E-state index in [2.05, 4.69) is 20.8 Å². The Morgan fingerprint density at radius 2 is 1.89 bits per heavy atom. The van der Waals surface area contributed by atoms with Gasteiger partial charge in [0.2, 0.25) is 11.0 Å². The predicted octanol–water partition coefficient (Wildman–Crippen LogP) is 4.64. The number of carbonyl (C=O) groups excluding carboxylic acids is 1. The number of aryl methyl sites for hydroxylation is 2. The Labute approximate surface area is 166 Å². The van der Waals surface area contributed by atoms with Gasteiger partial charge in [-0.1, -0.05) is 47.4 Å². The van der Waals surface area contributed by atoms with Crippen LogP contribution in [0.5, 0.6) is 5.75 Å². The van der Waals surface area contributed by atoms with Crippen molar-refractivity contribution in [2.75, 3.05) is 23.5 Å². The van der Waals surface area contributed by atoms with Crippen LogP contribution in [-0.4, -0.2) is 29.0 Å². The molecule has 0 radical (unpaired) electrons. The lowest BCUT2D eigenvalue weighted by atomic mass is 10.1. The number of aromatic nitrogens is 2. The molecule has 1 amide bonds. The van der Waals surface area contributed by atoms with Crippen LogP contribution in [0.15, 0.2) is 46.8 Å². The first-order valence-corrected chi connectivity index (χ1v) is 10.1. The van der Waals surface area contributed by atoms with E-state index in [-0.39, 0.29) is 11.7 Å². The van der Waals surface area contributed by atoms with Gasteiger partial charge in [0.05, 0.1) is 12.9 Å². The Hall–Kier alpha value is -2.58. The summed E-state index contributed by atoms with van der Waals surface area (Å²) in [6, 6.07) is 13.5. The SMILES string of the molecule is COc1cccc(Nc2nnc(SCC(=O)Nc3c(C)cccc3C)s2)c1. The summed E-state index contributed by atoms with van der Waals surface area (Å²) in [6.07, 6.45) is 0. The molecule has 6 nitrogen and oxygen atoms in total. The summed E-state index contributed by atoms with van der Waals surface area (Å²) in [5.41, 5.74) is 3.85. The van der Waals surface area contributed by atoms with Crippen LogP contribution >= 0.6 is 23.1 Å². The fourth-order valence-corrected chi connectivity index (χ4v) is 4.03. The molecule has 0 bridgehead atoms. The first-order valence-electron chi connectivity index (χ1n) is 8.28. The minimum absolute atomic E-state index is 0.0603. The van der Waals surface area contributed by atoms with Crippen molar-refractivity contribution >= 4 is 45.5 Å². The lowest BCUT2D eigenvalue weighted by Crippen LogP contribution is -2.15. The van der Waals surface area contributed by atoms with Gasteiger partial charge in [-0.3, -0.25) is 4.79 Å². The number of anilines is 3. The monoisotopic (exact) mass is 400 g/mol. The normalized spacial score (nSPS) is 10.5. The molecule has 3 aromatic rings. The number of para-hydroxylation sites is 1. The van der Waals surface area contributed by atoms with Gasteiger partial charge in [0, 0.05) is 17.4 Å². The van der Waals surface area contributed by atoms with Crippen LogP contribution in [0.2, 0.25) is 0 Å². The van der Waals surface area contributed by atoms with Gasteiger partial charge < -0.3 is 15.4 Å². The van der Waals surface area contributed by atoms with Gasteiger partial charge in [0.25, 0.3) is 0 Å². The molecule has 0 aliphatic carbocycles. The number of methoxy groups -OCH3 is 1. The van der Waals surface area contributed by atoms with E-state index in [1.165, 1.54) is 23.1 Å². The molecule has 1 aromatic heterocycles. The molecule has 2 aromatic carbocycles. The summed E-state index contributed by atoms with van der Waals surface area (Å²) in [6.45, 7) is 3.97. The van der Waals surface area contributed by atoms with Gasteiger partial charge >= 0.3 is 0 Å². The third kappa shape index (κ3) is 5.21. The number of rotatable bonds is 7. The number of hydrogen-bond donors (Lipinski definition) is 2. The standard InChI is InChI=1S/C19H20N4O2S2/c1-12-6-4-7-13(2)17(12)21-16(24)11-26-19-23-22-18(27-19)20-14-8-5-9-15(10-14)25-3/h4-10H,11H2,1-3H3,(H,20,22)(H,21,24). The summed E-state index contributed by atoms with van der Waals surface area (Å²) < 4.78 is 5.94. The Morgan fingerprint density at radius 3 is 2.63 bits per heavy atom. The van der Waals surface area contributed by atoms with E-state index >= 15 is 0 Å². The molecular formula is C19H20N4O2S2. The second-order valence-electron chi connectivity index (χ2n) is 5.83. The van der Waals surface area contributed by atoms with Crippen molar-refractivity contribution < 1.29 is 9.53 Å². The number of amides is 1. The molecule has 0 unspecified atom stereocenters. The predicted molar refractivity (Wildman–Crippen MR) is 111 cm³/mol. The molecule has 3 rings (SSSR count). The fourth-order valence-electron chi connectivity index (χ4n) is 2.46. The van der Waals surface area contributed by atoms with E-state index in [9.17, 15) is 4.79 Å². The van der Waals surface area contributed by atoms with E-state index in [1.54, 1.807) is 7.11 Å². The molecule has 0 saturated carbocycles. The molecule has 0 saturated heterocycles. The number of nitrogens with one attached hydrogen (secondary N) is 2. The van der Waals surface area contributed by atoms with E-state index in [1.807, 2.05) is 56.3 Å². The molecule has 27 heavy (non-hydrogen) atoms.